The standard InChI is InChI=1S/C21H20Cl2N2O3/c1-3-9-25-21(26)15(12-24)10-14-7-8-19(20(11-14)27-2)28-13-16-17(22)5-4-6-18(16)23/h4-8,10-11H,3,9,13H2,1-2H3,(H,25,26)/b15-10-. The van der Waals surface area contributed by atoms with E-state index in [0.717, 1.165) is 6.42 Å². The van der Waals surface area contributed by atoms with Crippen molar-refractivity contribution in [3.8, 4) is 17.6 Å². The summed E-state index contributed by atoms with van der Waals surface area (Å²) >= 11 is 12.3. The Morgan fingerprint density at radius 2 is 1.93 bits per heavy atom. The van der Waals surface area contributed by atoms with E-state index in [1.54, 1.807) is 36.4 Å². The molecule has 0 heterocycles. The zero-order valence-corrected chi connectivity index (χ0v) is 17.1. The molecule has 1 N–H and O–H groups in total. The zero-order valence-electron chi connectivity index (χ0n) is 15.6. The molecule has 5 nitrogen and oxygen atoms in total. The molecule has 0 unspecified atom stereocenters. The van der Waals surface area contributed by atoms with Crippen LogP contribution in [0, 0.1) is 11.3 Å². The lowest BCUT2D eigenvalue weighted by molar-refractivity contribution is -0.117. The van der Waals surface area contributed by atoms with Gasteiger partial charge in [-0.1, -0.05) is 42.3 Å². The smallest absolute Gasteiger partial charge is 0.261 e. The second kappa shape index (κ2) is 10.6. The topological polar surface area (TPSA) is 71.4 Å². The van der Waals surface area contributed by atoms with E-state index >= 15 is 0 Å². The van der Waals surface area contributed by atoms with Crippen LogP contribution >= 0.6 is 23.2 Å². The monoisotopic (exact) mass is 418 g/mol. The molecule has 28 heavy (non-hydrogen) atoms. The Bertz CT molecular complexity index is 900. The summed E-state index contributed by atoms with van der Waals surface area (Å²) in [5.74, 6) is 0.546. The molecule has 0 radical (unpaired) electrons. The Morgan fingerprint density at radius 3 is 2.54 bits per heavy atom. The van der Waals surface area contributed by atoms with Gasteiger partial charge in [-0.25, -0.2) is 0 Å². The van der Waals surface area contributed by atoms with Gasteiger partial charge in [0.2, 0.25) is 0 Å². The van der Waals surface area contributed by atoms with Crippen LogP contribution in [0.1, 0.15) is 24.5 Å². The van der Waals surface area contributed by atoms with Crippen molar-refractivity contribution in [1.82, 2.24) is 5.32 Å². The average molecular weight is 419 g/mol. The molecule has 0 atom stereocenters. The number of nitriles is 1. The predicted molar refractivity (Wildman–Crippen MR) is 111 cm³/mol. The molecule has 0 fully saturated rings. The average Bonchev–Trinajstić information content (AvgIpc) is 2.70. The first-order valence-corrected chi connectivity index (χ1v) is 9.39. The van der Waals surface area contributed by atoms with Crippen LogP contribution in [-0.2, 0) is 11.4 Å². The molecule has 0 saturated heterocycles. The van der Waals surface area contributed by atoms with Crippen LogP contribution < -0.4 is 14.8 Å². The van der Waals surface area contributed by atoms with Gasteiger partial charge < -0.3 is 14.8 Å². The summed E-state index contributed by atoms with van der Waals surface area (Å²) in [7, 11) is 1.51. The number of methoxy groups -OCH3 is 1. The van der Waals surface area contributed by atoms with E-state index in [0.29, 0.717) is 39.2 Å². The van der Waals surface area contributed by atoms with Crippen molar-refractivity contribution in [1.29, 1.82) is 5.26 Å². The Kier molecular flexibility index (Phi) is 8.19. The minimum absolute atomic E-state index is 0.0204. The van der Waals surface area contributed by atoms with Gasteiger partial charge in [-0.3, -0.25) is 4.79 Å². The Labute approximate surface area is 174 Å². The van der Waals surface area contributed by atoms with E-state index in [4.69, 9.17) is 32.7 Å². The highest BCUT2D eigenvalue weighted by Gasteiger charge is 2.12. The van der Waals surface area contributed by atoms with Crippen LogP contribution in [0.2, 0.25) is 10.0 Å². The van der Waals surface area contributed by atoms with E-state index < -0.39 is 5.91 Å². The number of rotatable bonds is 8. The predicted octanol–water partition coefficient (Wildman–Crippen LogP) is 5.01. The fourth-order valence-corrected chi connectivity index (χ4v) is 2.87. The number of nitrogens with zero attached hydrogens (tertiary/aromatic N) is 1. The minimum atomic E-state index is -0.406. The maximum absolute atomic E-state index is 12.0. The molecule has 2 aromatic carbocycles. The summed E-state index contributed by atoms with van der Waals surface area (Å²) in [6.07, 6.45) is 2.29. The number of halogens is 2. The first kappa shape index (κ1) is 21.6. The highest BCUT2D eigenvalue weighted by molar-refractivity contribution is 6.35. The number of hydrogen-bond donors (Lipinski definition) is 1. The number of carbonyl (C=O) groups excluding carboxylic acids is 1. The van der Waals surface area contributed by atoms with Crippen LogP contribution in [0.25, 0.3) is 6.08 Å². The van der Waals surface area contributed by atoms with Gasteiger partial charge in [0, 0.05) is 22.2 Å². The molecule has 0 bridgehead atoms. The van der Waals surface area contributed by atoms with Gasteiger partial charge in [-0.15, -0.1) is 0 Å². The lowest BCUT2D eigenvalue weighted by Crippen LogP contribution is -2.25. The van der Waals surface area contributed by atoms with Gasteiger partial charge in [-0.05, 0) is 42.3 Å². The number of benzene rings is 2. The van der Waals surface area contributed by atoms with Crippen molar-refractivity contribution < 1.29 is 14.3 Å². The van der Waals surface area contributed by atoms with Crippen LogP contribution in [-0.4, -0.2) is 19.6 Å². The summed E-state index contributed by atoms with van der Waals surface area (Å²) in [5, 5.41) is 13.0. The first-order chi connectivity index (χ1) is 13.5. The molecule has 0 aliphatic carbocycles. The second-order valence-electron chi connectivity index (χ2n) is 5.82. The van der Waals surface area contributed by atoms with Gasteiger partial charge in [0.05, 0.1) is 7.11 Å². The fourth-order valence-electron chi connectivity index (χ4n) is 2.36. The third kappa shape index (κ3) is 5.66. The number of nitrogens with one attached hydrogen (secondary N) is 1. The van der Waals surface area contributed by atoms with Gasteiger partial charge in [-0.2, -0.15) is 5.26 Å². The van der Waals surface area contributed by atoms with Gasteiger partial charge in [0.1, 0.15) is 18.2 Å². The second-order valence-corrected chi connectivity index (χ2v) is 6.64. The summed E-state index contributed by atoms with van der Waals surface area (Å²) in [6.45, 7) is 2.63. The normalized spacial score (nSPS) is 10.9. The Balaban J connectivity index is 2.20. The van der Waals surface area contributed by atoms with Crippen LogP contribution in [0.4, 0.5) is 0 Å². The first-order valence-electron chi connectivity index (χ1n) is 8.63. The molecular weight excluding hydrogens is 399 g/mol. The van der Waals surface area contributed by atoms with Crippen LogP contribution in [0.3, 0.4) is 0 Å². The number of ether oxygens (including phenoxy) is 2. The third-order valence-corrected chi connectivity index (χ3v) is 4.54. The third-order valence-electron chi connectivity index (χ3n) is 3.83. The summed E-state index contributed by atoms with van der Waals surface area (Å²) in [4.78, 5) is 12.0. The number of carbonyl (C=O) groups is 1. The SMILES string of the molecule is CCCNC(=O)/C(C#N)=C\c1ccc(OCc2c(Cl)cccc2Cl)c(OC)c1. The molecule has 0 aliphatic heterocycles. The lowest BCUT2D eigenvalue weighted by Gasteiger charge is -2.13. The van der Waals surface area contributed by atoms with Crippen molar-refractivity contribution in [2.45, 2.75) is 20.0 Å². The van der Waals surface area contributed by atoms with Gasteiger partial charge in [0.25, 0.3) is 5.91 Å². The van der Waals surface area contributed by atoms with Crippen molar-refractivity contribution in [3.63, 3.8) is 0 Å². The maximum Gasteiger partial charge on any atom is 0.261 e. The Hall–Kier alpha value is -2.68. The highest BCUT2D eigenvalue weighted by Crippen LogP contribution is 2.32. The van der Waals surface area contributed by atoms with E-state index in [-0.39, 0.29) is 12.2 Å². The Morgan fingerprint density at radius 1 is 1.21 bits per heavy atom. The summed E-state index contributed by atoms with van der Waals surface area (Å²) in [6, 6.07) is 12.3. The van der Waals surface area contributed by atoms with Crippen molar-refractivity contribution in [2.24, 2.45) is 0 Å². The van der Waals surface area contributed by atoms with Crippen molar-refractivity contribution in [2.75, 3.05) is 13.7 Å². The quantitative estimate of drug-likeness (QED) is 0.482. The molecule has 2 rings (SSSR count). The largest absolute Gasteiger partial charge is 0.493 e. The van der Waals surface area contributed by atoms with Gasteiger partial charge >= 0.3 is 0 Å². The van der Waals surface area contributed by atoms with E-state index in [9.17, 15) is 10.1 Å². The number of hydrogen-bond acceptors (Lipinski definition) is 4. The number of amides is 1. The van der Waals surface area contributed by atoms with E-state index in [1.807, 2.05) is 13.0 Å². The summed E-state index contributed by atoms with van der Waals surface area (Å²) < 4.78 is 11.2. The van der Waals surface area contributed by atoms with Gasteiger partial charge in [0.15, 0.2) is 11.5 Å². The summed E-state index contributed by atoms with van der Waals surface area (Å²) in [5.41, 5.74) is 1.34. The van der Waals surface area contributed by atoms with Crippen molar-refractivity contribution >= 4 is 35.2 Å². The zero-order chi connectivity index (χ0) is 20.5. The van der Waals surface area contributed by atoms with Crippen LogP contribution in [0.15, 0.2) is 42.0 Å². The molecule has 1 amide bonds. The minimum Gasteiger partial charge on any atom is -0.493 e. The molecule has 7 heteroatoms. The molecule has 0 saturated carbocycles. The van der Waals surface area contributed by atoms with E-state index in [1.165, 1.54) is 13.2 Å². The molecule has 0 aromatic heterocycles. The lowest BCUT2D eigenvalue weighted by atomic mass is 10.1. The molecule has 0 aliphatic rings. The van der Waals surface area contributed by atoms with E-state index in [2.05, 4.69) is 5.32 Å². The maximum atomic E-state index is 12.0. The van der Waals surface area contributed by atoms with Crippen LogP contribution in [0.5, 0.6) is 11.5 Å². The fraction of sp³-hybridized carbons (Fsp3) is 0.238. The molecule has 0 spiro atoms. The molecular formula is C21H20Cl2N2O3. The molecule has 146 valence electrons. The molecule has 2 aromatic rings. The highest BCUT2D eigenvalue weighted by atomic mass is 35.5. The van der Waals surface area contributed by atoms with Crippen molar-refractivity contribution in [3.05, 3.63) is 63.1 Å².